The number of Topliss-reactive ketones (excluding diaryl/α,β-unsaturated/α-hetero) is 1. The van der Waals surface area contributed by atoms with E-state index in [9.17, 15) is 4.79 Å². The number of fused-ring (bicyclic) bond motifs is 1. The van der Waals surface area contributed by atoms with E-state index >= 15 is 0 Å². The van der Waals surface area contributed by atoms with Crippen LogP contribution >= 0.6 is 9.24 Å². The Morgan fingerprint density at radius 1 is 1.42 bits per heavy atom. The molecular weight excluding hydrogens is 171 g/mol. The highest BCUT2D eigenvalue weighted by Gasteiger charge is 2.17. The number of rotatable bonds is 0. The average molecular weight is 180 g/mol. The molecule has 1 aliphatic rings. The van der Waals surface area contributed by atoms with Gasteiger partial charge in [0.25, 0.3) is 0 Å². The van der Waals surface area contributed by atoms with Gasteiger partial charge < -0.3 is 4.74 Å². The largest absolute Gasteiger partial charge is 0.492 e. The lowest BCUT2D eigenvalue weighted by atomic mass is 10.1. The number of hydrogen-bond acceptors (Lipinski definition) is 2. The molecule has 1 unspecified atom stereocenters. The molecule has 2 rings (SSSR count). The Labute approximate surface area is 73.1 Å². The van der Waals surface area contributed by atoms with Gasteiger partial charge in [-0.2, -0.15) is 0 Å². The van der Waals surface area contributed by atoms with Gasteiger partial charge in [0.15, 0.2) is 5.78 Å². The normalized spacial score (nSPS) is 15.2. The molecule has 2 nitrogen and oxygen atoms in total. The van der Waals surface area contributed by atoms with Gasteiger partial charge in [-0.25, -0.2) is 0 Å². The third-order valence-corrected chi connectivity index (χ3v) is 2.25. The highest BCUT2D eigenvalue weighted by Crippen LogP contribution is 2.23. The SMILES string of the molecule is O=C1CCOc2cc(P)ccc21. The molecule has 0 fully saturated rings. The molecule has 1 atom stereocenters. The van der Waals surface area contributed by atoms with Crippen molar-refractivity contribution in [3.05, 3.63) is 23.8 Å². The Morgan fingerprint density at radius 2 is 2.25 bits per heavy atom. The molecule has 0 radical (unpaired) electrons. The Balaban J connectivity index is 2.53. The lowest BCUT2D eigenvalue weighted by Crippen LogP contribution is -2.16. The van der Waals surface area contributed by atoms with E-state index in [0.29, 0.717) is 18.6 Å². The van der Waals surface area contributed by atoms with Gasteiger partial charge in [-0.3, -0.25) is 4.79 Å². The third kappa shape index (κ3) is 1.23. The first-order valence-corrected chi connectivity index (χ1v) is 4.40. The summed E-state index contributed by atoms with van der Waals surface area (Å²) in [6.45, 7) is 0.514. The average Bonchev–Trinajstić information content (AvgIpc) is 2.04. The fourth-order valence-corrected chi connectivity index (χ4v) is 1.52. The second-order valence-electron chi connectivity index (χ2n) is 2.78. The Bertz CT molecular complexity index is 333. The molecule has 0 bridgehead atoms. The van der Waals surface area contributed by atoms with Crippen LogP contribution < -0.4 is 10.0 Å². The minimum absolute atomic E-state index is 0.182. The first-order valence-electron chi connectivity index (χ1n) is 3.83. The summed E-state index contributed by atoms with van der Waals surface area (Å²) >= 11 is 0. The minimum Gasteiger partial charge on any atom is -0.492 e. The highest BCUT2D eigenvalue weighted by molar-refractivity contribution is 7.27. The van der Waals surface area contributed by atoms with Crippen LogP contribution in [0.4, 0.5) is 0 Å². The van der Waals surface area contributed by atoms with Crippen molar-refractivity contribution in [1.82, 2.24) is 0 Å². The van der Waals surface area contributed by atoms with E-state index in [2.05, 4.69) is 9.24 Å². The first-order chi connectivity index (χ1) is 5.77. The summed E-state index contributed by atoms with van der Waals surface area (Å²) in [5, 5.41) is 1.04. The molecule has 0 spiro atoms. The zero-order valence-electron chi connectivity index (χ0n) is 6.54. The smallest absolute Gasteiger partial charge is 0.169 e. The number of carbonyl (C=O) groups excluding carboxylic acids is 1. The number of ketones is 1. The number of carbonyl (C=O) groups is 1. The van der Waals surface area contributed by atoms with E-state index in [-0.39, 0.29) is 5.78 Å². The summed E-state index contributed by atoms with van der Waals surface area (Å²) in [5.41, 5.74) is 0.715. The first kappa shape index (κ1) is 7.75. The van der Waals surface area contributed by atoms with E-state index in [1.807, 2.05) is 18.2 Å². The second kappa shape index (κ2) is 2.87. The van der Waals surface area contributed by atoms with Gasteiger partial charge >= 0.3 is 0 Å². The van der Waals surface area contributed by atoms with Crippen molar-refractivity contribution in [1.29, 1.82) is 0 Å². The highest BCUT2D eigenvalue weighted by atomic mass is 31.0. The summed E-state index contributed by atoms with van der Waals surface area (Å²) < 4.78 is 5.34. The lowest BCUT2D eigenvalue weighted by Gasteiger charge is -2.15. The summed E-state index contributed by atoms with van der Waals surface area (Å²) in [4.78, 5) is 11.3. The Hall–Kier alpha value is -0.880. The van der Waals surface area contributed by atoms with Gasteiger partial charge in [0.2, 0.25) is 0 Å². The zero-order chi connectivity index (χ0) is 8.55. The predicted molar refractivity (Wildman–Crippen MR) is 50.2 cm³/mol. The quantitative estimate of drug-likeness (QED) is 0.560. The fraction of sp³-hybridized carbons (Fsp3) is 0.222. The summed E-state index contributed by atoms with van der Waals surface area (Å²) in [6.07, 6.45) is 0.503. The van der Waals surface area contributed by atoms with Crippen molar-refractivity contribution < 1.29 is 9.53 Å². The summed E-state index contributed by atoms with van der Waals surface area (Å²) in [5.74, 6) is 0.903. The van der Waals surface area contributed by atoms with Crippen molar-refractivity contribution in [2.75, 3.05) is 6.61 Å². The van der Waals surface area contributed by atoms with Crippen LogP contribution in [0.25, 0.3) is 0 Å². The fourth-order valence-electron chi connectivity index (χ4n) is 1.28. The maximum absolute atomic E-state index is 11.3. The van der Waals surface area contributed by atoms with Gasteiger partial charge in [-0.05, 0) is 17.4 Å². The molecule has 0 aromatic heterocycles. The van der Waals surface area contributed by atoms with E-state index in [4.69, 9.17) is 4.74 Å². The molecule has 12 heavy (non-hydrogen) atoms. The van der Waals surface area contributed by atoms with Gasteiger partial charge in [-0.1, -0.05) is 6.07 Å². The molecule has 1 aliphatic heterocycles. The maximum Gasteiger partial charge on any atom is 0.169 e. The van der Waals surface area contributed by atoms with E-state index in [1.54, 1.807) is 0 Å². The molecule has 0 amide bonds. The summed E-state index contributed by atoms with van der Waals surface area (Å²) in [6, 6.07) is 5.59. The van der Waals surface area contributed by atoms with Crippen LogP contribution in [-0.2, 0) is 0 Å². The molecule has 0 saturated carbocycles. The minimum atomic E-state index is 0.182. The standard InChI is InChI=1S/C9H9O2P/c10-8-3-4-11-9-5-6(12)1-2-7(8)9/h1-2,5H,3-4,12H2. The molecule has 0 aliphatic carbocycles. The Morgan fingerprint density at radius 3 is 3.08 bits per heavy atom. The summed E-state index contributed by atoms with van der Waals surface area (Å²) in [7, 11) is 2.58. The van der Waals surface area contributed by atoms with E-state index in [1.165, 1.54) is 0 Å². The van der Waals surface area contributed by atoms with Gasteiger partial charge in [0, 0.05) is 6.42 Å². The number of hydrogen-bond donors (Lipinski definition) is 0. The molecule has 3 heteroatoms. The lowest BCUT2D eigenvalue weighted by molar-refractivity contribution is 0.0933. The van der Waals surface area contributed by atoms with Crippen LogP contribution in [0.15, 0.2) is 18.2 Å². The Kier molecular flexibility index (Phi) is 1.86. The zero-order valence-corrected chi connectivity index (χ0v) is 7.69. The van der Waals surface area contributed by atoms with Gasteiger partial charge in [0.1, 0.15) is 5.75 Å². The van der Waals surface area contributed by atoms with Crippen LogP contribution in [-0.4, -0.2) is 12.4 Å². The van der Waals surface area contributed by atoms with Crippen LogP contribution in [0.1, 0.15) is 16.8 Å². The molecule has 0 saturated heterocycles. The molecule has 0 N–H and O–H groups in total. The molecular formula is C9H9O2P. The van der Waals surface area contributed by atoms with Crippen molar-refractivity contribution in [2.45, 2.75) is 6.42 Å². The third-order valence-electron chi connectivity index (χ3n) is 1.89. The van der Waals surface area contributed by atoms with Crippen LogP contribution in [0.3, 0.4) is 0 Å². The number of benzene rings is 1. The predicted octanol–water partition coefficient (Wildman–Crippen LogP) is 1.15. The molecule has 1 aromatic carbocycles. The molecule has 1 heterocycles. The van der Waals surface area contributed by atoms with Crippen LogP contribution in [0.5, 0.6) is 5.75 Å². The van der Waals surface area contributed by atoms with E-state index < -0.39 is 0 Å². The van der Waals surface area contributed by atoms with Gasteiger partial charge in [0.05, 0.1) is 12.2 Å². The topological polar surface area (TPSA) is 26.3 Å². The number of ether oxygens (including phenoxy) is 1. The van der Waals surface area contributed by atoms with E-state index in [0.717, 1.165) is 11.1 Å². The molecule has 1 aromatic rings. The van der Waals surface area contributed by atoms with Crippen molar-refractivity contribution in [2.24, 2.45) is 0 Å². The van der Waals surface area contributed by atoms with Gasteiger partial charge in [-0.15, -0.1) is 9.24 Å². The van der Waals surface area contributed by atoms with Crippen LogP contribution in [0.2, 0.25) is 0 Å². The molecule has 62 valence electrons. The van der Waals surface area contributed by atoms with Crippen molar-refractivity contribution in [3.63, 3.8) is 0 Å². The van der Waals surface area contributed by atoms with Crippen molar-refractivity contribution >= 4 is 20.3 Å². The maximum atomic E-state index is 11.3. The monoisotopic (exact) mass is 180 g/mol. The van der Waals surface area contributed by atoms with Crippen molar-refractivity contribution in [3.8, 4) is 5.75 Å². The van der Waals surface area contributed by atoms with Crippen LogP contribution in [0, 0.1) is 0 Å². The second-order valence-corrected chi connectivity index (χ2v) is 3.44.